The van der Waals surface area contributed by atoms with Crippen LogP contribution in [0.15, 0.2) is 0 Å². The van der Waals surface area contributed by atoms with E-state index in [1.807, 2.05) is 4.90 Å². The first-order valence-electron chi connectivity index (χ1n) is 7.43. The van der Waals surface area contributed by atoms with Crippen molar-refractivity contribution in [3.05, 3.63) is 0 Å². The molecule has 2 rings (SSSR count). The van der Waals surface area contributed by atoms with Gasteiger partial charge >= 0.3 is 0 Å². The van der Waals surface area contributed by atoms with Gasteiger partial charge in [-0.3, -0.25) is 4.79 Å². The number of likely N-dealkylation sites (tertiary alicyclic amines) is 1. The first-order valence-corrected chi connectivity index (χ1v) is 7.43. The van der Waals surface area contributed by atoms with Crippen molar-refractivity contribution in [1.82, 2.24) is 9.80 Å². The van der Waals surface area contributed by atoms with Crippen LogP contribution in [0.25, 0.3) is 0 Å². The van der Waals surface area contributed by atoms with Crippen molar-refractivity contribution in [2.24, 2.45) is 11.1 Å². The Bertz CT molecular complexity index is 304. The van der Waals surface area contributed by atoms with Gasteiger partial charge in [-0.05, 0) is 45.8 Å². The number of hydrogen-bond donors (Lipinski definition) is 2. The molecular formula is C14H27N3O2. The first kappa shape index (κ1) is 14.8. The van der Waals surface area contributed by atoms with Crippen LogP contribution in [0.5, 0.6) is 0 Å². The number of nitrogens with two attached hydrogens (primary N) is 1. The van der Waals surface area contributed by atoms with Crippen molar-refractivity contribution in [1.29, 1.82) is 0 Å². The number of carbonyl (C=O) groups excluding carboxylic acids is 1. The Hall–Kier alpha value is -0.650. The molecule has 0 bridgehead atoms. The van der Waals surface area contributed by atoms with Crippen molar-refractivity contribution in [3.63, 3.8) is 0 Å². The van der Waals surface area contributed by atoms with Crippen LogP contribution in [-0.2, 0) is 4.79 Å². The third-order valence-corrected chi connectivity index (χ3v) is 4.89. The van der Waals surface area contributed by atoms with Gasteiger partial charge in [0.2, 0.25) is 5.91 Å². The Morgan fingerprint density at radius 2 is 2.05 bits per heavy atom. The van der Waals surface area contributed by atoms with Crippen LogP contribution in [0.4, 0.5) is 0 Å². The second-order valence-electron chi connectivity index (χ2n) is 6.09. The lowest BCUT2D eigenvalue weighted by atomic mass is 9.67. The van der Waals surface area contributed by atoms with Crippen molar-refractivity contribution in [2.45, 2.75) is 38.1 Å². The molecule has 1 amide bonds. The minimum Gasteiger partial charge on any atom is -0.395 e. The second kappa shape index (κ2) is 6.20. The maximum absolute atomic E-state index is 12.8. The number of aliphatic hydroxyl groups excluding tert-OH is 1. The van der Waals surface area contributed by atoms with E-state index in [2.05, 4.69) is 11.9 Å². The number of amides is 1. The molecule has 1 aliphatic carbocycles. The summed E-state index contributed by atoms with van der Waals surface area (Å²) in [4.78, 5) is 17.0. The Kier molecular flexibility index (Phi) is 4.81. The van der Waals surface area contributed by atoms with Crippen LogP contribution < -0.4 is 5.73 Å². The molecule has 2 aliphatic rings. The fraction of sp³-hybridized carbons (Fsp3) is 0.929. The zero-order chi connectivity index (χ0) is 13.9. The predicted octanol–water partition coefficient (Wildman–Crippen LogP) is 0.0305. The Morgan fingerprint density at radius 3 is 2.47 bits per heavy atom. The van der Waals surface area contributed by atoms with Gasteiger partial charge < -0.3 is 20.6 Å². The minimum absolute atomic E-state index is 0.0404. The summed E-state index contributed by atoms with van der Waals surface area (Å²) in [7, 11) is 2.11. The molecule has 110 valence electrons. The molecule has 2 fully saturated rings. The first-order chi connectivity index (χ1) is 9.13. The highest BCUT2D eigenvalue weighted by Gasteiger charge is 2.46. The normalized spacial score (nSPS) is 23.9. The van der Waals surface area contributed by atoms with E-state index in [-0.39, 0.29) is 24.0 Å². The number of rotatable bonds is 5. The van der Waals surface area contributed by atoms with E-state index >= 15 is 0 Å². The molecule has 1 aliphatic heterocycles. The quantitative estimate of drug-likeness (QED) is 0.739. The van der Waals surface area contributed by atoms with E-state index in [0.29, 0.717) is 13.1 Å². The molecule has 0 aromatic carbocycles. The lowest BCUT2D eigenvalue weighted by Gasteiger charge is -2.46. The second-order valence-corrected chi connectivity index (χ2v) is 6.09. The third-order valence-electron chi connectivity index (χ3n) is 4.89. The molecule has 5 nitrogen and oxygen atoms in total. The standard InChI is InChI=1S/C14H27N3O2/c1-16-7-3-12(4-8-16)17(9-10-18)13(19)14(11-15)5-2-6-14/h12,18H,2-11,15H2,1H3. The summed E-state index contributed by atoms with van der Waals surface area (Å²) in [5.74, 6) is 0.185. The average molecular weight is 269 g/mol. The van der Waals surface area contributed by atoms with Crippen LogP contribution in [0.1, 0.15) is 32.1 Å². The van der Waals surface area contributed by atoms with Gasteiger partial charge in [-0.2, -0.15) is 0 Å². The van der Waals surface area contributed by atoms with Gasteiger partial charge in [0, 0.05) is 19.1 Å². The van der Waals surface area contributed by atoms with Gasteiger partial charge in [-0.15, -0.1) is 0 Å². The number of hydrogen-bond acceptors (Lipinski definition) is 4. The number of carbonyl (C=O) groups is 1. The highest BCUT2D eigenvalue weighted by atomic mass is 16.3. The Morgan fingerprint density at radius 1 is 1.42 bits per heavy atom. The summed E-state index contributed by atoms with van der Waals surface area (Å²) < 4.78 is 0. The summed E-state index contributed by atoms with van der Waals surface area (Å²) in [6, 6.07) is 0.278. The average Bonchev–Trinajstić information content (AvgIpc) is 2.36. The fourth-order valence-electron chi connectivity index (χ4n) is 3.28. The molecule has 0 atom stereocenters. The maximum Gasteiger partial charge on any atom is 0.230 e. The summed E-state index contributed by atoms with van der Waals surface area (Å²) in [6.07, 6.45) is 4.93. The van der Waals surface area contributed by atoms with Gasteiger partial charge in [-0.1, -0.05) is 6.42 Å². The van der Waals surface area contributed by atoms with Gasteiger partial charge in [0.1, 0.15) is 0 Å². The predicted molar refractivity (Wildman–Crippen MR) is 74.7 cm³/mol. The molecule has 3 N–H and O–H groups in total. The summed E-state index contributed by atoms with van der Waals surface area (Å²) in [6.45, 7) is 2.99. The summed E-state index contributed by atoms with van der Waals surface area (Å²) >= 11 is 0. The molecule has 5 heteroatoms. The highest BCUT2D eigenvalue weighted by Crippen LogP contribution is 2.42. The third kappa shape index (κ3) is 2.93. The zero-order valence-electron chi connectivity index (χ0n) is 12.0. The smallest absolute Gasteiger partial charge is 0.230 e. The topological polar surface area (TPSA) is 69.8 Å². The van der Waals surface area contributed by atoms with Gasteiger partial charge in [0.15, 0.2) is 0 Å². The largest absolute Gasteiger partial charge is 0.395 e. The molecule has 0 spiro atoms. The highest BCUT2D eigenvalue weighted by molar-refractivity contribution is 5.84. The molecule has 0 aromatic rings. The SMILES string of the molecule is CN1CCC(N(CCO)C(=O)C2(CN)CCC2)CC1. The monoisotopic (exact) mass is 269 g/mol. The van der Waals surface area contributed by atoms with Gasteiger partial charge in [-0.25, -0.2) is 0 Å². The number of aliphatic hydroxyl groups is 1. The number of piperidine rings is 1. The molecule has 19 heavy (non-hydrogen) atoms. The van der Waals surface area contributed by atoms with E-state index in [1.54, 1.807) is 0 Å². The van der Waals surface area contributed by atoms with E-state index in [0.717, 1.165) is 45.2 Å². The molecule has 0 aromatic heterocycles. The Balaban J connectivity index is 2.04. The molecule has 1 heterocycles. The molecule has 1 saturated heterocycles. The summed E-state index contributed by atoms with van der Waals surface area (Å²) in [5, 5.41) is 9.26. The van der Waals surface area contributed by atoms with Crippen molar-refractivity contribution in [2.75, 3.05) is 39.8 Å². The van der Waals surface area contributed by atoms with Crippen LogP contribution >= 0.6 is 0 Å². The molecule has 1 saturated carbocycles. The molecule has 0 unspecified atom stereocenters. The lowest BCUT2D eigenvalue weighted by Crippen LogP contribution is -2.57. The van der Waals surface area contributed by atoms with Gasteiger partial charge in [0.05, 0.1) is 12.0 Å². The van der Waals surface area contributed by atoms with Crippen LogP contribution in [0, 0.1) is 5.41 Å². The molecule has 0 radical (unpaired) electrons. The van der Waals surface area contributed by atoms with E-state index in [9.17, 15) is 9.90 Å². The lowest BCUT2D eigenvalue weighted by molar-refractivity contribution is -0.150. The van der Waals surface area contributed by atoms with Gasteiger partial charge in [0.25, 0.3) is 0 Å². The molecular weight excluding hydrogens is 242 g/mol. The van der Waals surface area contributed by atoms with E-state index < -0.39 is 0 Å². The van der Waals surface area contributed by atoms with Crippen LogP contribution in [0.3, 0.4) is 0 Å². The van der Waals surface area contributed by atoms with Crippen LogP contribution in [0.2, 0.25) is 0 Å². The Labute approximate surface area is 115 Å². The maximum atomic E-state index is 12.8. The number of nitrogens with zero attached hydrogens (tertiary/aromatic N) is 2. The summed E-state index contributed by atoms with van der Waals surface area (Å²) in [5.41, 5.74) is 5.52. The zero-order valence-corrected chi connectivity index (χ0v) is 12.0. The van der Waals surface area contributed by atoms with E-state index in [1.165, 1.54) is 0 Å². The van der Waals surface area contributed by atoms with Crippen molar-refractivity contribution >= 4 is 5.91 Å². The van der Waals surface area contributed by atoms with E-state index in [4.69, 9.17) is 5.73 Å². The van der Waals surface area contributed by atoms with Crippen LogP contribution in [-0.4, -0.2) is 66.7 Å². The minimum atomic E-state index is -0.321. The fourth-order valence-corrected chi connectivity index (χ4v) is 3.28. The van der Waals surface area contributed by atoms with Crippen molar-refractivity contribution in [3.8, 4) is 0 Å². The van der Waals surface area contributed by atoms with Crippen molar-refractivity contribution < 1.29 is 9.90 Å².